The third-order valence-corrected chi connectivity index (χ3v) is 5.76. The summed E-state index contributed by atoms with van der Waals surface area (Å²) in [5.41, 5.74) is 2.84. The molecule has 1 saturated carbocycles. The van der Waals surface area contributed by atoms with E-state index in [1.165, 1.54) is 19.3 Å². The lowest BCUT2D eigenvalue weighted by Crippen LogP contribution is -2.44. The Balaban J connectivity index is 1.65. The quantitative estimate of drug-likeness (QED) is 0.475. The summed E-state index contributed by atoms with van der Waals surface area (Å²) in [5, 5.41) is 7.02. The van der Waals surface area contributed by atoms with Crippen LogP contribution >= 0.6 is 0 Å². The van der Waals surface area contributed by atoms with Gasteiger partial charge in [-0.05, 0) is 48.8 Å². The number of nitrogens with zero attached hydrogens (tertiary/aromatic N) is 2. The molecule has 0 bridgehead atoms. The molecule has 0 spiro atoms. The highest BCUT2D eigenvalue weighted by Crippen LogP contribution is 2.38. The highest BCUT2D eigenvalue weighted by Gasteiger charge is 2.31. The van der Waals surface area contributed by atoms with E-state index in [4.69, 9.17) is 4.74 Å². The van der Waals surface area contributed by atoms with E-state index in [2.05, 4.69) is 54.4 Å². The number of hydrogen-bond acceptors (Lipinski definition) is 6. The van der Waals surface area contributed by atoms with E-state index in [9.17, 15) is 4.79 Å². The Morgan fingerprint density at radius 1 is 1.23 bits per heavy atom. The van der Waals surface area contributed by atoms with Gasteiger partial charge in [0, 0.05) is 38.5 Å². The minimum atomic E-state index is 0.351. The first kappa shape index (κ1) is 22.1. The van der Waals surface area contributed by atoms with Gasteiger partial charge in [-0.2, -0.15) is 0 Å². The maximum atomic E-state index is 10.9. The third-order valence-electron chi connectivity index (χ3n) is 5.76. The number of ether oxygens (including phenoxy) is 1. The number of benzene rings is 1. The van der Waals surface area contributed by atoms with Crippen LogP contribution in [0, 0.1) is 11.3 Å². The summed E-state index contributed by atoms with van der Waals surface area (Å²) in [7, 11) is 4.01. The summed E-state index contributed by atoms with van der Waals surface area (Å²) >= 11 is 0. The van der Waals surface area contributed by atoms with E-state index in [1.807, 2.05) is 19.2 Å². The highest BCUT2D eigenvalue weighted by atomic mass is 16.5. The molecule has 3 rings (SSSR count). The molecule has 2 aromatic rings. The topological polar surface area (TPSA) is 66.5 Å². The van der Waals surface area contributed by atoms with Gasteiger partial charge in [0.2, 0.25) is 0 Å². The monoisotopic (exact) mass is 410 g/mol. The van der Waals surface area contributed by atoms with Gasteiger partial charge in [0.05, 0.1) is 18.0 Å². The number of pyridine rings is 1. The summed E-state index contributed by atoms with van der Waals surface area (Å²) < 4.78 is 5.91. The van der Waals surface area contributed by atoms with Crippen molar-refractivity contribution in [3.63, 3.8) is 0 Å². The lowest BCUT2D eigenvalue weighted by atomic mass is 9.71. The van der Waals surface area contributed by atoms with Crippen LogP contribution in [0.4, 0.5) is 11.4 Å². The van der Waals surface area contributed by atoms with Crippen molar-refractivity contribution in [1.82, 2.24) is 10.3 Å². The summed E-state index contributed by atoms with van der Waals surface area (Å²) in [6, 6.07) is 9.88. The second-order valence-corrected chi connectivity index (χ2v) is 9.24. The van der Waals surface area contributed by atoms with Gasteiger partial charge < -0.3 is 15.0 Å². The molecular weight excluding hydrogens is 376 g/mol. The third kappa shape index (κ3) is 5.72. The van der Waals surface area contributed by atoms with Crippen molar-refractivity contribution in [2.24, 2.45) is 11.3 Å². The highest BCUT2D eigenvalue weighted by molar-refractivity contribution is 5.73. The van der Waals surface area contributed by atoms with Gasteiger partial charge in [-0.15, -0.1) is 0 Å². The van der Waals surface area contributed by atoms with Gasteiger partial charge in [0.1, 0.15) is 17.2 Å². The molecule has 0 amide bonds. The Bertz CT molecular complexity index is 868. The molecule has 2 atom stereocenters. The molecule has 0 saturated heterocycles. The predicted molar refractivity (Wildman–Crippen MR) is 123 cm³/mol. The number of carbonyl (C=O) groups is 1. The smallest absolute Gasteiger partial charge is 0.168 e. The molecule has 1 fully saturated rings. The molecule has 6 heteroatoms. The average molecular weight is 411 g/mol. The van der Waals surface area contributed by atoms with E-state index in [0.717, 1.165) is 24.0 Å². The van der Waals surface area contributed by atoms with Gasteiger partial charge in [-0.25, -0.2) is 0 Å². The van der Waals surface area contributed by atoms with Crippen LogP contribution < -0.4 is 20.3 Å². The number of hydrogen-bond donors (Lipinski definition) is 2. The second-order valence-electron chi connectivity index (χ2n) is 9.24. The van der Waals surface area contributed by atoms with Gasteiger partial charge in [-0.3, -0.25) is 15.1 Å². The van der Waals surface area contributed by atoms with Crippen LogP contribution in [0.1, 0.15) is 50.5 Å². The van der Waals surface area contributed by atoms with Crippen molar-refractivity contribution in [1.29, 1.82) is 0 Å². The van der Waals surface area contributed by atoms with E-state index >= 15 is 0 Å². The van der Waals surface area contributed by atoms with Crippen LogP contribution in [0.25, 0.3) is 0 Å². The zero-order valence-electron chi connectivity index (χ0n) is 18.7. The van der Waals surface area contributed by atoms with Crippen LogP contribution in [-0.4, -0.2) is 38.1 Å². The summed E-state index contributed by atoms with van der Waals surface area (Å²) in [6.45, 7) is 7.90. The van der Waals surface area contributed by atoms with Crippen molar-refractivity contribution in [3.05, 3.63) is 42.2 Å². The molecule has 1 aliphatic rings. The predicted octanol–water partition coefficient (Wildman–Crippen LogP) is 4.93. The van der Waals surface area contributed by atoms with Gasteiger partial charge >= 0.3 is 0 Å². The number of nitrogens with one attached hydrogen (secondary N) is 2. The standard InChI is InChI=1S/C24H34N4O2/c1-17-10-18(14-24(2,3)13-17)27-16-28(5)23-7-6-20(12-22(23)25-4)30-21-8-9-26-19(11-21)15-29/h6-9,11-12,15,17-18,25,27H,10,13-14,16H2,1-5H3. The van der Waals surface area contributed by atoms with E-state index < -0.39 is 0 Å². The van der Waals surface area contributed by atoms with Crippen LogP contribution in [-0.2, 0) is 0 Å². The SMILES string of the molecule is CNc1cc(Oc2ccnc(C=O)c2)ccc1N(C)CNC1CC(C)CC(C)(C)C1. The van der Waals surface area contributed by atoms with Crippen molar-refractivity contribution in [3.8, 4) is 11.5 Å². The maximum Gasteiger partial charge on any atom is 0.168 e. The molecule has 0 aliphatic heterocycles. The molecule has 2 unspecified atom stereocenters. The lowest BCUT2D eigenvalue weighted by molar-refractivity contribution is 0.111. The minimum absolute atomic E-state index is 0.351. The van der Waals surface area contributed by atoms with Gasteiger partial charge in [0.15, 0.2) is 6.29 Å². The summed E-state index contributed by atoms with van der Waals surface area (Å²) in [6.07, 6.45) is 6.03. The Morgan fingerprint density at radius 3 is 2.70 bits per heavy atom. The number of carbonyl (C=O) groups excluding carboxylic acids is 1. The number of rotatable bonds is 8. The molecule has 30 heavy (non-hydrogen) atoms. The molecule has 0 radical (unpaired) electrons. The second kappa shape index (κ2) is 9.47. The van der Waals surface area contributed by atoms with Crippen molar-refractivity contribution in [2.75, 3.05) is 31.0 Å². The van der Waals surface area contributed by atoms with Crippen LogP contribution in [0.15, 0.2) is 36.5 Å². The van der Waals surface area contributed by atoms with E-state index in [1.54, 1.807) is 18.3 Å². The van der Waals surface area contributed by atoms with Crippen LogP contribution in [0.5, 0.6) is 11.5 Å². The molecule has 1 aromatic heterocycles. The Labute approximate surface area is 180 Å². The molecule has 1 aliphatic carbocycles. The molecule has 2 N–H and O–H groups in total. The Morgan fingerprint density at radius 2 is 2.00 bits per heavy atom. The first-order valence-electron chi connectivity index (χ1n) is 10.6. The van der Waals surface area contributed by atoms with Crippen molar-refractivity contribution >= 4 is 17.7 Å². The molecular formula is C24H34N4O2. The van der Waals surface area contributed by atoms with Gasteiger partial charge in [0.25, 0.3) is 0 Å². The van der Waals surface area contributed by atoms with Crippen molar-refractivity contribution < 1.29 is 9.53 Å². The van der Waals surface area contributed by atoms with Crippen molar-refractivity contribution in [2.45, 2.75) is 46.1 Å². The minimum Gasteiger partial charge on any atom is -0.457 e. The Hall–Kier alpha value is -2.60. The number of aldehydes is 1. The molecule has 1 heterocycles. The summed E-state index contributed by atoms with van der Waals surface area (Å²) in [5.74, 6) is 2.05. The molecule has 6 nitrogen and oxygen atoms in total. The first-order chi connectivity index (χ1) is 14.3. The zero-order chi connectivity index (χ0) is 21.7. The summed E-state index contributed by atoms with van der Waals surface area (Å²) in [4.78, 5) is 17.1. The van der Waals surface area contributed by atoms with Crippen LogP contribution in [0.2, 0.25) is 0 Å². The number of aromatic nitrogens is 1. The van der Waals surface area contributed by atoms with E-state index in [-0.39, 0.29) is 0 Å². The average Bonchev–Trinajstić information content (AvgIpc) is 2.70. The van der Waals surface area contributed by atoms with Crippen LogP contribution in [0.3, 0.4) is 0 Å². The fourth-order valence-electron chi connectivity index (χ4n) is 4.66. The van der Waals surface area contributed by atoms with E-state index in [0.29, 0.717) is 34.9 Å². The first-order valence-corrected chi connectivity index (χ1v) is 10.6. The zero-order valence-corrected chi connectivity index (χ0v) is 18.7. The maximum absolute atomic E-state index is 10.9. The fourth-order valence-corrected chi connectivity index (χ4v) is 4.66. The normalized spacial score (nSPS) is 20.4. The largest absolute Gasteiger partial charge is 0.457 e. The number of anilines is 2. The fraction of sp³-hybridized carbons (Fsp3) is 0.500. The van der Waals surface area contributed by atoms with Gasteiger partial charge in [-0.1, -0.05) is 20.8 Å². The lowest BCUT2D eigenvalue weighted by Gasteiger charge is -2.40. The Kier molecular flexibility index (Phi) is 6.98. The molecule has 1 aromatic carbocycles. The molecule has 162 valence electrons.